The zero-order chi connectivity index (χ0) is 13.8. The molecule has 0 radical (unpaired) electrons. The van der Waals surface area contributed by atoms with Crippen molar-refractivity contribution in [3.8, 4) is 5.75 Å². The largest absolute Gasteiger partial charge is 0.487 e. The minimum atomic E-state index is 0.407. The molecule has 0 saturated carbocycles. The molecule has 0 bridgehead atoms. The highest BCUT2D eigenvalue weighted by atomic mass is 35.5. The lowest BCUT2D eigenvalue weighted by Crippen LogP contribution is -2.03. The maximum atomic E-state index is 5.93. The lowest BCUT2D eigenvalue weighted by molar-refractivity contribution is 0.298. The molecule has 2 N–H and O–H groups in total. The van der Waals surface area contributed by atoms with Crippen LogP contribution in [0.1, 0.15) is 36.0 Å². The van der Waals surface area contributed by atoms with Crippen LogP contribution in [0.5, 0.6) is 5.75 Å². The summed E-state index contributed by atoms with van der Waals surface area (Å²) in [6.07, 6.45) is 0. The molecule has 102 valence electrons. The van der Waals surface area contributed by atoms with E-state index < -0.39 is 0 Å². The highest BCUT2D eigenvalue weighted by molar-refractivity contribution is 7.09. The number of rotatable bonds is 5. The second-order valence-corrected chi connectivity index (χ2v) is 5.90. The normalized spacial score (nSPS) is 11.0. The number of nitrogens with two attached hydrogens (primary N) is 1. The first-order chi connectivity index (χ1) is 9.10. The van der Waals surface area contributed by atoms with Crippen LogP contribution in [0.2, 0.25) is 5.02 Å². The third kappa shape index (κ3) is 3.69. The van der Waals surface area contributed by atoms with E-state index in [0.29, 0.717) is 24.1 Å². The van der Waals surface area contributed by atoms with E-state index in [-0.39, 0.29) is 0 Å². The van der Waals surface area contributed by atoms with Crippen molar-refractivity contribution in [2.24, 2.45) is 5.73 Å². The van der Waals surface area contributed by atoms with Gasteiger partial charge in [-0.25, -0.2) is 4.98 Å². The molecule has 3 nitrogen and oxygen atoms in total. The number of aromatic nitrogens is 1. The van der Waals surface area contributed by atoms with Gasteiger partial charge >= 0.3 is 0 Å². The van der Waals surface area contributed by atoms with E-state index >= 15 is 0 Å². The predicted octanol–water partition coefficient (Wildman–Crippen LogP) is 3.96. The summed E-state index contributed by atoms with van der Waals surface area (Å²) >= 11 is 7.60. The molecule has 19 heavy (non-hydrogen) atoms. The fourth-order valence-electron chi connectivity index (χ4n) is 1.65. The Morgan fingerprint density at radius 3 is 2.84 bits per heavy atom. The molecule has 2 aromatic rings. The van der Waals surface area contributed by atoms with Gasteiger partial charge in [0.05, 0.1) is 10.7 Å². The van der Waals surface area contributed by atoms with Crippen molar-refractivity contribution >= 4 is 22.9 Å². The number of nitrogens with zero attached hydrogens (tertiary/aromatic N) is 1. The molecule has 0 aliphatic heterocycles. The maximum Gasteiger partial charge on any atom is 0.131 e. The summed E-state index contributed by atoms with van der Waals surface area (Å²) in [7, 11) is 0. The number of benzene rings is 1. The third-order valence-electron chi connectivity index (χ3n) is 2.68. The van der Waals surface area contributed by atoms with Crippen molar-refractivity contribution in [1.82, 2.24) is 4.98 Å². The van der Waals surface area contributed by atoms with Crippen molar-refractivity contribution in [2.75, 3.05) is 0 Å². The van der Waals surface area contributed by atoms with Gasteiger partial charge in [0.1, 0.15) is 12.4 Å². The maximum absolute atomic E-state index is 5.93. The van der Waals surface area contributed by atoms with Crippen LogP contribution in [0.3, 0.4) is 0 Å². The quantitative estimate of drug-likeness (QED) is 0.908. The van der Waals surface area contributed by atoms with Crippen molar-refractivity contribution in [1.29, 1.82) is 0 Å². The Bertz CT molecular complexity index is 554. The zero-order valence-corrected chi connectivity index (χ0v) is 12.6. The molecule has 0 atom stereocenters. The van der Waals surface area contributed by atoms with Gasteiger partial charge in [0, 0.05) is 28.4 Å². The smallest absolute Gasteiger partial charge is 0.131 e. The first kappa shape index (κ1) is 14.3. The predicted molar refractivity (Wildman–Crippen MR) is 79.9 cm³/mol. The number of thiazole rings is 1. The summed E-state index contributed by atoms with van der Waals surface area (Å²) in [4.78, 5) is 4.53. The van der Waals surface area contributed by atoms with E-state index in [1.54, 1.807) is 17.4 Å². The minimum Gasteiger partial charge on any atom is -0.487 e. The lowest BCUT2D eigenvalue weighted by atomic mass is 10.2. The first-order valence-electron chi connectivity index (χ1n) is 6.15. The summed E-state index contributed by atoms with van der Waals surface area (Å²) in [5, 5.41) is 3.84. The minimum absolute atomic E-state index is 0.407. The summed E-state index contributed by atoms with van der Waals surface area (Å²) in [5.74, 6) is 1.22. The molecule has 0 aliphatic carbocycles. The van der Waals surface area contributed by atoms with Gasteiger partial charge in [0.25, 0.3) is 0 Å². The average molecular weight is 297 g/mol. The number of hydrogen-bond acceptors (Lipinski definition) is 4. The summed E-state index contributed by atoms with van der Waals surface area (Å²) in [6, 6.07) is 5.48. The van der Waals surface area contributed by atoms with Crippen LogP contribution in [0, 0.1) is 0 Å². The third-order valence-corrected chi connectivity index (χ3v) is 4.11. The van der Waals surface area contributed by atoms with Gasteiger partial charge in [-0.2, -0.15) is 0 Å². The number of hydrogen-bond donors (Lipinski definition) is 1. The standard InChI is InChI=1S/C14H17ClN2OS/c1-9(2)14-17-12(8-19-14)7-18-13-4-3-11(15)5-10(13)6-16/h3-5,8-9H,6-7,16H2,1-2H3. The molecule has 0 unspecified atom stereocenters. The van der Waals surface area contributed by atoms with Crippen molar-refractivity contribution < 1.29 is 4.74 Å². The molecular formula is C14H17ClN2OS. The Morgan fingerprint density at radius 2 is 2.21 bits per heavy atom. The Kier molecular flexibility index (Phi) is 4.80. The van der Waals surface area contributed by atoms with E-state index in [2.05, 4.69) is 18.8 Å². The van der Waals surface area contributed by atoms with E-state index in [0.717, 1.165) is 22.0 Å². The van der Waals surface area contributed by atoms with Crippen LogP contribution in [0.25, 0.3) is 0 Å². The zero-order valence-electron chi connectivity index (χ0n) is 11.0. The molecule has 0 spiro atoms. The molecule has 0 aliphatic rings. The van der Waals surface area contributed by atoms with E-state index in [1.165, 1.54) is 0 Å². The summed E-state index contributed by atoms with van der Waals surface area (Å²) < 4.78 is 5.77. The van der Waals surface area contributed by atoms with Crippen LogP contribution < -0.4 is 10.5 Å². The fourth-order valence-corrected chi connectivity index (χ4v) is 2.67. The van der Waals surface area contributed by atoms with Crippen molar-refractivity contribution in [3.05, 3.63) is 44.9 Å². The fraction of sp³-hybridized carbons (Fsp3) is 0.357. The van der Waals surface area contributed by atoms with Crippen LogP contribution in [-0.2, 0) is 13.2 Å². The van der Waals surface area contributed by atoms with Crippen LogP contribution in [0.4, 0.5) is 0 Å². The second kappa shape index (κ2) is 6.37. The molecule has 0 fully saturated rings. The highest BCUT2D eigenvalue weighted by Crippen LogP contribution is 2.24. The van der Waals surface area contributed by atoms with Gasteiger partial charge in [0.15, 0.2) is 0 Å². The van der Waals surface area contributed by atoms with E-state index in [4.69, 9.17) is 22.1 Å². The molecule has 2 rings (SSSR count). The van der Waals surface area contributed by atoms with Gasteiger partial charge in [0.2, 0.25) is 0 Å². The van der Waals surface area contributed by atoms with Crippen LogP contribution >= 0.6 is 22.9 Å². The van der Waals surface area contributed by atoms with Crippen LogP contribution in [-0.4, -0.2) is 4.98 Å². The van der Waals surface area contributed by atoms with Crippen LogP contribution in [0.15, 0.2) is 23.6 Å². The monoisotopic (exact) mass is 296 g/mol. The van der Waals surface area contributed by atoms with Gasteiger partial charge in [-0.15, -0.1) is 11.3 Å². The molecule has 1 heterocycles. The van der Waals surface area contributed by atoms with Crippen molar-refractivity contribution in [2.45, 2.75) is 32.9 Å². The Balaban J connectivity index is 2.05. The second-order valence-electron chi connectivity index (χ2n) is 4.58. The molecule has 1 aromatic carbocycles. The Hall–Kier alpha value is -1.10. The average Bonchev–Trinajstić information content (AvgIpc) is 2.86. The molecular weight excluding hydrogens is 280 g/mol. The SMILES string of the molecule is CC(C)c1nc(COc2ccc(Cl)cc2CN)cs1. The Labute approximate surface area is 122 Å². The molecule has 5 heteroatoms. The molecule has 1 aromatic heterocycles. The number of halogens is 1. The Morgan fingerprint density at radius 1 is 1.42 bits per heavy atom. The summed E-state index contributed by atoms with van der Waals surface area (Å²) in [6.45, 7) is 5.13. The summed E-state index contributed by atoms with van der Waals surface area (Å²) in [5.41, 5.74) is 7.54. The topological polar surface area (TPSA) is 48.1 Å². The van der Waals surface area contributed by atoms with E-state index in [9.17, 15) is 0 Å². The van der Waals surface area contributed by atoms with E-state index in [1.807, 2.05) is 17.5 Å². The molecule has 0 saturated heterocycles. The van der Waals surface area contributed by atoms with Gasteiger partial charge in [-0.1, -0.05) is 25.4 Å². The van der Waals surface area contributed by atoms with Crippen molar-refractivity contribution in [3.63, 3.8) is 0 Å². The van der Waals surface area contributed by atoms with Gasteiger partial charge < -0.3 is 10.5 Å². The molecule has 0 amide bonds. The van der Waals surface area contributed by atoms with Gasteiger partial charge in [-0.05, 0) is 18.2 Å². The number of ether oxygens (including phenoxy) is 1. The lowest BCUT2D eigenvalue weighted by Gasteiger charge is -2.09. The van der Waals surface area contributed by atoms with Gasteiger partial charge in [-0.3, -0.25) is 0 Å². The highest BCUT2D eigenvalue weighted by Gasteiger charge is 2.08. The first-order valence-corrected chi connectivity index (χ1v) is 7.41.